The number of hydrogen-bond donors (Lipinski definition) is 2. The first-order valence-electron chi connectivity index (χ1n) is 2.38. The molecule has 2 nitrogen and oxygen atoms in total. The Balaban J connectivity index is 0.000000640. The minimum Gasteiger partial charge on any atom is -0.291 e. The first-order chi connectivity index (χ1) is 3.93. The average molecular weight is 116 g/mol. The van der Waals surface area contributed by atoms with Crippen LogP contribution < -0.4 is 5.48 Å². The second kappa shape index (κ2) is 4.46. The summed E-state index contributed by atoms with van der Waals surface area (Å²) in [4.78, 5) is 0. The molecule has 0 saturated carbocycles. The van der Waals surface area contributed by atoms with E-state index in [1.54, 1.807) is 12.1 Å². The Labute approximate surface area is 66.0 Å². The van der Waals surface area contributed by atoms with Crippen LogP contribution in [0.4, 0.5) is 5.69 Å². The molecular formula is C6H7LiNO. The Morgan fingerprint density at radius 1 is 1.11 bits per heavy atom. The molecule has 0 aliphatic heterocycles. The van der Waals surface area contributed by atoms with Gasteiger partial charge in [0, 0.05) is 18.9 Å². The van der Waals surface area contributed by atoms with Gasteiger partial charge in [0.25, 0.3) is 0 Å². The molecule has 43 valence electrons. The van der Waals surface area contributed by atoms with Crippen LogP contribution in [-0.4, -0.2) is 24.1 Å². The van der Waals surface area contributed by atoms with Gasteiger partial charge < -0.3 is 0 Å². The quantitative estimate of drug-likeness (QED) is 0.425. The van der Waals surface area contributed by atoms with Crippen molar-refractivity contribution >= 4 is 24.5 Å². The van der Waals surface area contributed by atoms with Gasteiger partial charge in [0.2, 0.25) is 0 Å². The molecule has 0 aromatic heterocycles. The predicted octanol–water partition coefficient (Wildman–Crippen LogP) is 1.11. The van der Waals surface area contributed by atoms with E-state index in [1.807, 2.05) is 23.7 Å². The van der Waals surface area contributed by atoms with Crippen molar-refractivity contribution in [1.29, 1.82) is 0 Å². The number of hydrogen-bond acceptors (Lipinski definition) is 2. The fourth-order valence-electron chi connectivity index (χ4n) is 0.513. The molecule has 2 N–H and O–H groups in total. The van der Waals surface area contributed by atoms with E-state index in [-0.39, 0.29) is 18.9 Å². The third-order valence-electron chi connectivity index (χ3n) is 0.903. The molecule has 0 aliphatic carbocycles. The summed E-state index contributed by atoms with van der Waals surface area (Å²) in [6, 6.07) is 9.14. The zero-order chi connectivity index (χ0) is 5.82. The van der Waals surface area contributed by atoms with Crippen LogP contribution in [0.1, 0.15) is 0 Å². The van der Waals surface area contributed by atoms with Crippen LogP contribution >= 0.6 is 0 Å². The number of rotatable bonds is 1. The van der Waals surface area contributed by atoms with Gasteiger partial charge in [0.1, 0.15) is 0 Å². The molecule has 9 heavy (non-hydrogen) atoms. The molecule has 0 bridgehead atoms. The Kier molecular flexibility index (Phi) is 4.25. The molecule has 0 unspecified atom stereocenters. The molecule has 1 radical (unpaired) electrons. The van der Waals surface area contributed by atoms with Gasteiger partial charge in [-0.05, 0) is 12.1 Å². The molecule has 0 aliphatic rings. The van der Waals surface area contributed by atoms with Gasteiger partial charge in [0.05, 0.1) is 5.69 Å². The largest absolute Gasteiger partial charge is 0.291 e. The first-order valence-corrected chi connectivity index (χ1v) is 2.38. The zero-order valence-corrected chi connectivity index (χ0v) is 5.33. The summed E-state index contributed by atoms with van der Waals surface area (Å²) in [6.45, 7) is 0. The van der Waals surface area contributed by atoms with Crippen LogP contribution in [0.5, 0.6) is 0 Å². The van der Waals surface area contributed by atoms with E-state index < -0.39 is 0 Å². The molecule has 1 aromatic rings. The molecule has 0 saturated heterocycles. The van der Waals surface area contributed by atoms with Crippen molar-refractivity contribution < 1.29 is 5.21 Å². The van der Waals surface area contributed by atoms with Crippen molar-refractivity contribution in [2.45, 2.75) is 0 Å². The van der Waals surface area contributed by atoms with E-state index >= 15 is 0 Å². The van der Waals surface area contributed by atoms with E-state index in [9.17, 15) is 0 Å². The summed E-state index contributed by atoms with van der Waals surface area (Å²) in [5.41, 5.74) is 2.74. The van der Waals surface area contributed by atoms with Gasteiger partial charge in [-0.25, -0.2) is 0 Å². The zero-order valence-electron chi connectivity index (χ0n) is 5.33. The van der Waals surface area contributed by atoms with Gasteiger partial charge in [-0.15, -0.1) is 0 Å². The third-order valence-corrected chi connectivity index (χ3v) is 0.903. The Morgan fingerprint density at radius 3 is 2.00 bits per heavy atom. The van der Waals surface area contributed by atoms with E-state index in [2.05, 4.69) is 0 Å². The Hall–Kier alpha value is -0.423. The molecule has 1 aromatic carbocycles. The molecule has 0 amide bonds. The molecule has 0 atom stereocenters. The van der Waals surface area contributed by atoms with Crippen molar-refractivity contribution in [3.8, 4) is 0 Å². The Bertz CT molecular complexity index is 154. The van der Waals surface area contributed by atoms with Crippen molar-refractivity contribution in [3.05, 3.63) is 30.3 Å². The molecular weight excluding hydrogens is 109 g/mol. The summed E-state index contributed by atoms with van der Waals surface area (Å²) in [5.74, 6) is 0. The van der Waals surface area contributed by atoms with Gasteiger partial charge in [-0.2, -0.15) is 0 Å². The second-order valence-electron chi connectivity index (χ2n) is 1.48. The average Bonchev–Trinajstić information content (AvgIpc) is 1.90. The monoisotopic (exact) mass is 116 g/mol. The number of anilines is 1. The number of para-hydroxylation sites is 1. The van der Waals surface area contributed by atoms with Gasteiger partial charge >= 0.3 is 0 Å². The van der Waals surface area contributed by atoms with Crippen molar-refractivity contribution in [2.24, 2.45) is 0 Å². The fraction of sp³-hybridized carbons (Fsp3) is 0. The van der Waals surface area contributed by atoms with Crippen LogP contribution in [0.2, 0.25) is 0 Å². The smallest absolute Gasteiger partial charge is 0.0602 e. The van der Waals surface area contributed by atoms with E-state index in [0.29, 0.717) is 5.69 Å². The minimum absolute atomic E-state index is 0. The summed E-state index contributed by atoms with van der Waals surface area (Å²) in [5, 5.41) is 8.29. The summed E-state index contributed by atoms with van der Waals surface area (Å²) < 4.78 is 0. The number of benzene rings is 1. The van der Waals surface area contributed by atoms with Gasteiger partial charge in [-0.1, -0.05) is 18.2 Å². The normalized spacial score (nSPS) is 7.67. The molecule has 3 heteroatoms. The first kappa shape index (κ1) is 8.58. The fourth-order valence-corrected chi connectivity index (χ4v) is 0.513. The topological polar surface area (TPSA) is 32.3 Å². The van der Waals surface area contributed by atoms with Gasteiger partial charge in [0.15, 0.2) is 0 Å². The number of nitrogens with one attached hydrogen (secondary N) is 1. The maximum atomic E-state index is 8.29. The predicted molar refractivity (Wildman–Crippen MR) is 37.6 cm³/mol. The molecule has 0 heterocycles. The minimum atomic E-state index is 0. The summed E-state index contributed by atoms with van der Waals surface area (Å²) >= 11 is 0. The van der Waals surface area contributed by atoms with E-state index in [4.69, 9.17) is 5.21 Å². The standard InChI is InChI=1S/C6H7NO.Li/c8-7-6-4-2-1-3-5-6;/h1-5,7-8H;. The van der Waals surface area contributed by atoms with Crippen LogP contribution in [0.15, 0.2) is 30.3 Å². The molecule has 0 fully saturated rings. The maximum absolute atomic E-state index is 8.29. The maximum Gasteiger partial charge on any atom is 0.0602 e. The van der Waals surface area contributed by atoms with Gasteiger partial charge in [-0.3, -0.25) is 10.7 Å². The van der Waals surface area contributed by atoms with Crippen LogP contribution in [0.25, 0.3) is 0 Å². The van der Waals surface area contributed by atoms with E-state index in [0.717, 1.165) is 0 Å². The van der Waals surface area contributed by atoms with Crippen molar-refractivity contribution in [2.75, 3.05) is 5.48 Å². The van der Waals surface area contributed by atoms with Crippen LogP contribution in [0, 0.1) is 0 Å². The third kappa shape index (κ3) is 2.57. The summed E-state index contributed by atoms with van der Waals surface area (Å²) in [6.07, 6.45) is 0. The second-order valence-corrected chi connectivity index (χ2v) is 1.48. The molecule has 0 spiro atoms. The SMILES string of the molecule is ONc1ccccc1.[Li]. The molecule has 1 rings (SSSR count). The van der Waals surface area contributed by atoms with Crippen LogP contribution in [-0.2, 0) is 0 Å². The van der Waals surface area contributed by atoms with Crippen molar-refractivity contribution in [3.63, 3.8) is 0 Å². The van der Waals surface area contributed by atoms with Crippen molar-refractivity contribution in [1.82, 2.24) is 0 Å². The van der Waals surface area contributed by atoms with Crippen LogP contribution in [0.3, 0.4) is 0 Å². The Morgan fingerprint density at radius 2 is 1.67 bits per heavy atom. The van der Waals surface area contributed by atoms with E-state index in [1.165, 1.54) is 0 Å². The summed E-state index contributed by atoms with van der Waals surface area (Å²) in [7, 11) is 0.